The Labute approximate surface area is 199 Å². The van der Waals surface area contributed by atoms with E-state index in [0.29, 0.717) is 30.4 Å². The standard InChI is InChI=1S/C27H42N2O4/c1-18(2)12-21-16-29-11-8-20-14-25(31-4)26(32-5)15-23(20)24(29)13-22(21)17-33-27(30)19-6-9-28(3)10-7-19/h14-15,18-19,21-22,24H,6-13,16-17H2,1-5H3. The minimum Gasteiger partial charge on any atom is -0.493 e. The van der Waals surface area contributed by atoms with Crippen LogP contribution in [0, 0.1) is 23.7 Å². The molecule has 0 amide bonds. The number of nitrogens with zero attached hydrogens (tertiary/aromatic N) is 2. The molecule has 0 aliphatic carbocycles. The van der Waals surface area contributed by atoms with Crippen molar-refractivity contribution in [2.24, 2.45) is 23.7 Å². The van der Waals surface area contributed by atoms with Crippen molar-refractivity contribution in [1.82, 2.24) is 9.80 Å². The van der Waals surface area contributed by atoms with Gasteiger partial charge >= 0.3 is 5.97 Å². The van der Waals surface area contributed by atoms with Gasteiger partial charge in [-0.05, 0) is 93.3 Å². The minimum absolute atomic E-state index is 0.0178. The number of rotatable bonds is 7. The third kappa shape index (κ3) is 5.48. The van der Waals surface area contributed by atoms with Gasteiger partial charge < -0.3 is 19.1 Å². The van der Waals surface area contributed by atoms with Crippen LogP contribution in [0.25, 0.3) is 0 Å². The highest BCUT2D eigenvalue weighted by Gasteiger charge is 2.40. The Morgan fingerprint density at radius 1 is 1.06 bits per heavy atom. The average molecular weight is 459 g/mol. The van der Waals surface area contributed by atoms with E-state index >= 15 is 0 Å². The second-order valence-corrected chi connectivity index (χ2v) is 10.8. The summed E-state index contributed by atoms with van der Waals surface area (Å²) in [7, 11) is 5.53. The molecule has 3 aliphatic heterocycles. The Balaban J connectivity index is 1.49. The van der Waals surface area contributed by atoms with Crippen LogP contribution in [0.1, 0.15) is 56.7 Å². The molecule has 0 spiro atoms. The van der Waals surface area contributed by atoms with Gasteiger partial charge in [0.25, 0.3) is 0 Å². The van der Waals surface area contributed by atoms with Gasteiger partial charge in [-0.3, -0.25) is 9.69 Å². The van der Waals surface area contributed by atoms with Gasteiger partial charge in [0, 0.05) is 19.1 Å². The Kier molecular flexibility index (Phi) is 7.85. The molecule has 2 saturated heterocycles. The summed E-state index contributed by atoms with van der Waals surface area (Å²) in [5, 5.41) is 0. The summed E-state index contributed by atoms with van der Waals surface area (Å²) in [6.45, 7) is 9.27. The Bertz CT molecular complexity index is 819. The third-order valence-electron chi connectivity index (χ3n) is 8.04. The van der Waals surface area contributed by atoms with Crippen molar-refractivity contribution < 1.29 is 19.0 Å². The number of ether oxygens (including phenoxy) is 3. The molecule has 0 saturated carbocycles. The number of methoxy groups -OCH3 is 2. The molecule has 1 aromatic carbocycles. The van der Waals surface area contributed by atoms with Crippen LogP contribution in [0.5, 0.6) is 11.5 Å². The molecule has 0 N–H and O–H groups in total. The summed E-state index contributed by atoms with van der Waals surface area (Å²) < 4.78 is 17.2. The van der Waals surface area contributed by atoms with E-state index in [-0.39, 0.29) is 11.9 Å². The van der Waals surface area contributed by atoms with E-state index in [1.807, 2.05) is 0 Å². The lowest BCUT2D eigenvalue weighted by atomic mass is 9.74. The summed E-state index contributed by atoms with van der Waals surface area (Å²) in [6.07, 6.45) is 5.08. The molecule has 0 radical (unpaired) electrons. The largest absolute Gasteiger partial charge is 0.493 e. The van der Waals surface area contributed by atoms with E-state index in [2.05, 4.69) is 42.8 Å². The fourth-order valence-electron chi connectivity index (χ4n) is 6.13. The molecule has 3 atom stereocenters. The van der Waals surface area contributed by atoms with Crippen molar-refractivity contribution in [2.45, 2.75) is 52.0 Å². The maximum atomic E-state index is 12.8. The number of fused-ring (bicyclic) bond motifs is 3. The predicted octanol–water partition coefficient (Wildman–Crippen LogP) is 4.17. The zero-order chi connectivity index (χ0) is 23.5. The van der Waals surface area contributed by atoms with Crippen molar-refractivity contribution in [3.05, 3.63) is 23.3 Å². The lowest BCUT2D eigenvalue weighted by Gasteiger charge is -2.47. The van der Waals surface area contributed by atoms with Crippen LogP contribution in [0.3, 0.4) is 0 Å². The van der Waals surface area contributed by atoms with Crippen LogP contribution in [-0.4, -0.2) is 69.8 Å². The number of benzene rings is 1. The van der Waals surface area contributed by atoms with Crippen molar-refractivity contribution in [1.29, 1.82) is 0 Å². The van der Waals surface area contributed by atoms with Gasteiger partial charge in [-0.15, -0.1) is 0 Å². The normalized spacial score (nSPS) is 26.5. The van der Waals surface area contributed by atoms with E-state index in [1.54, 1.807) is 14.2 Å². The number of carbonyl (C=O) groups is 1. The summed E-state index contributed by atoms with van der Waals surface area (Å²) >= 11 is 0. The van der Waals surface area contributed by atoms with E-state index in [1.165, 1.54) is 17.5 Å². The molecule has 6 heteroatoms. The third-order valence-corrected chi connectivity index (χ3v) is 8.04. The van der Waals surface area contributed by atoms with E-state index in [4.69, 9.17) is 14.2 Å². The van der Waals surface area contributed by atoms with Crippen LogP contribution in [0.2, 0.25) is 0 Å². The number of carbonyl (C=O) groups excluding carboxylic acids is 1. The molecule has 33 heavy (non-hydrogen) atoms. The van der Waals surface area contributed by atoms with Crippen molar-refractivity contribution in [3.8, 4) is 11.5 Å². The maximum absolute atomic E-state index is 12.8. The quantitative estimate of drug-likeness (QED) is 0.572. The fraction of sp³-hybridized carbons (Fsp3) is 0.741. The summed E-state index contributed by atoms with van der Waals surface area (Å²) in [5.41, 5.74) is 2.71. The second kappa shape index (κ2) is 10.6. The Morgan fingerprint density at radius 2 is 1.76 bits per heavy atom. The molecule has 3 aliphatic rings. The fourth-order valence-corrected chi connectivity index (χ4v) is 6.13. The highest BCUT2D eigenvalue weighted by molar-refractivity contribution is 5.72. The van der Waals surface area contributed by atoms with Gasteiger partial charge in [-0.1, -0.05) is 13.8 Å². The molecule has 2 fully saturated rings. The summed E-state index contributed by atoms with van der Waals surface area (Å²) in [4.78, 5) is 17.8. The minimum atomic E-state index is 0.0178. The first kappa shape index (κ1) is 24.3. The molecule has 3 unspecified atom stereocenters. The van der Waals surface area contributed by atoms with Gasteiger partial charge in [0.05, 0.1) is 26.7 Å². The SMILES string of the molecule is COc1cc2c(cc1OC)C1CC(COC(=O)C3CCN(C)CC3)C(CC(C)C)CN1CC2. The number of hydrogen-bond donors (Lipinski definition) is 0. The van der Waals surface area contributed by atoms with Crippen LogP contribution in [0.15, 0.2) is 12.1 Å². The second-order valence-electron chi connectivity index (χ2n) is 10.8. The first-order valence-corrected chi connectivity index (χ1v) is 12.7. The van der Waals surface area contributed by atoms with Crippen LogP contribution >= 0.6 is 0 Å². The van der Waals surface area contributed by atoms with Crippen LogP contribution in [0.4, 0.5) is 0 Å². The first-order chi connectivity index (χ1) is 15.9. The highest BCUT2D eigenvalue weighted by atomic mass is 16.5. The molecular weight excluding hydrogens is 416 g/mol. The lowest BCUT2D eigenvalue weighted by Crippen LogP contribution is -2.47. The molecule has 4 rings (SSSR count). The van der Waals surface area contributed by atoms with Crippen molar-refractivity contribution in [2.75, 3.05) is 54.1 Å². The maximum Gasteiger partial charge on any atom is 0.309 e. The molecule has 0 aromatic heterocycles. The number of esters is 1. The first-order valence-electron chi connectivity index (χ1n) is 12.7. The van der Waals surface area contributed by atoms with Gasteiger partial charge in [0.15, 0.2) is 11.5 Å². The van der Waals surface area contributed by atoms with Crippen molar-refractivity contribution in [3.63, 3.8) is 0 Å². The molecule has 184 valence electrons. The van der Waals surface area contributed by atoms with Crippen LogP contribution in [-0.2, 0) is 16.0 Å². The van der Waals surface area contributed by atoms with Crippen LogP contribution < -0.4 is 9.47 Å². The summed E-state index contributed by atoms with van der Waals surface area (Å²) in [5.74, 6) is 3.28. The molecule has 0 bridgehead atoms. The molecule has 1 aromatic rings. The topological polar surface area (TPSA) is 51.2 Å². The zero-order valence-electron chi connectivity index (χ0n) is 21.1. The molecule has 3 heterocycles. The number of piperidine rings is 2. The lowest BCUT2D eigenvalue weighted by molar-refractivity contribution is -0.153. The zero-order valence-corrected chi connectivity index (χ0v) is 21.1. The van der Waals surface area contributed by atoms with E-state index in [0.717, 1.165) is 63.4 Å². The van der Waals surface area contributed by atoms with Gasteiger partial charge in [0.1, 0.15) is 0 Å². The van der Waals surface area contributed by atoms with Gasteiger partial charge in [0.2, 0.25) is 0 Å². The number of hydrogen-bond acceptors (Lipinski definition) is 6. The van der Waals surface area contributed by atoms with E-state index in [9.17, 15) is 4.79 Å². The predicted molar refractivity (Wildman–Crippen MR) is 130 cm³/mol. The molecular formula is C27H42N2O4. The smallest absolute Gasteiger partial charge is 0.309 e. The van der Waals surface area contributed by atoms with Crippen molar-refractivity contribution >= 4 is 5.97 Å². The van der Waals surface area contributed by atoms with Gasteiger partial charge in [-0.25, -0.2) is 0 Å². The summed E-state index contributed by atoms with van der Waals surface area (Å²) in [6, 6.07) is 4.68. The highest BCUT2D eigenvalue weighted by Crippen LogP contribution is 2.45. The Morgan fingerprint density at radius 3 is 2.42 bits per heavy atom. The monoisotopic (exact) mass is 458 g/mol. The Hall–Kier alpha value is -1.79. The van der Waals surface area contributed by atoms with E-state index < -0.39 is 0 Å². The molecule has 6 nitrogen and oxygen atoms in total. The van der Waals surface area contributed by atoms with Gasteiger partial charge in [-0.2, -0.15) is 0 Å². The average Bonchev–Trinajstić information content (AvgIpc) is 2.81. The number of likely N-dealkylation sites (tertiary alicyclic amines) is 1.